The number of pyridine rings is 1. The van der Waals surface area contributed by atoms with Gasteiger partial charge >= 0.3 is 0 Å². The Balaban J connectivity index is 1.58. The van der Waals surface area contributed by atoms with Crippen molar-refractivity contribution in [3.05, 3.63) is 66.9 Å². The molecule has 0 spiro atoms. The number of piperidine rings is 1. The molecule has 0 bridgehead atoms. The molecule has 3 N–H and O–H groups in total. The molecule has 4 aromatic rings. The summed E-state index contributed by atoms with van der Waals surface area (Å²) in [6, 6.07) is 12.4. The first-order valence-corrected chi connectivity index (χ1v) is 10.8. The minimum absolute atomic E-state index is 0.206. The Hall–Kier alpha value is -3.78. The molecule has 3 aromatic heterocycles. The van der Waals surface area contributed by atoms with Gasteiger partial charge in [-0.3, -0.25) is 14.2 Å². The Morgan fingerprint density at radius 1 is 1.16 bits per heavy atom. The lowest BCUT2D eigenvalue weighted by Gasteiger charge is -2.24. The average molecular weight is 428 g/mol. The molecule has 1 saturated heterocycles. The van der Waals surface area contributed by atoms with Gasteiger partial charge in [-0.25, -0.2) is 9.97 Å². The number of carbonyl (C=O) groups is 1. The predicted octanol–water partition coefficient (Wildman–Crippen LogP) is 2.98. The fourth-order valence-electron chi connectivity index (χ4n) is 4.08. The van der Waals surface area contributed by atoms with Gasteiger partial charge in [0.05, 0.1) is 11.9 Å². The average Bonchev–Trinajstić information content (AvgIpc) is 3.31. The van der Waals surface area contributed by atoms with Crippen LogP contribution in [0.1, 0.15) is 23.3 Å². The fraction of sp³-hybridized carbons (Fsp3) is 0.250. The van der Waals surface area contributed by atoms with Gasteiger partial charge in [0.25, 0.3) is 5.91 Å². The number of fused-ring (bicyclic) bond motifs is 1. The molecule has 1 amide bonds. The highest BCUT2D eigenvalue weighted by atomic mass is 16.1. The van der Waals surface area contributed by atoms with E-state index in [0.29, 0.717) is 17.2 Å². The van der Waals surface area contributed by atoms with Crippen molar-refractivity contribution < 1.29 is 4.79 Å². The van der Waals surface area contributed by atoms with Gasteiger partial charge in [-0.15, -0.1) is 0 Å². The molecule has 1 aliphatic rings. The van der Waals surface area contributed by atoms with Crippen LogP contribution in [0.3, 0.4) is 0 Å². The van der Waals surface area contributed by atoms with E-state index >= 15 is 0 Å². The van der Waals surface area contributed by atoms with Crippen LogP contribution in [0.4, 0.5) is 5.82 Å². The molecule has 8 nitrogen and oxygen atoms in total. The zero-order valence-corrected chi connectivity index (χ0v) is 17.9. The summed E-state index contributed by atoms with van der Waals surface area (Å²) >= 11 is 0. The quantitative estimate of drug-likeness (QED) is 0.453. The molecule has 0 saturated carbocycles. The lowest BCUT2D eigenvalue weighted by atomic mass is 10.0. The number of hydrogen-bond acceptors (Lipinski definition) is 6. The van der Waals surface area contributed by atoms with Crippen LogP contribution in [0.2, 0.25) is 0 Å². The van der Waals surface area contributed by atoms with Crippen molar-refractivity contribution in [2.75, 3.05) is 25.5 Å². The van der Waals surface area contributed by atoms with Gasteiger partial charge in [-0.05, 0) is 48.7 Å². The number of imidazole rings is 1. The summed E-state index contributed by atoms with van der Waals surface area (Å²) in [5.74, 6) is 0.478. The zero-order valence-electron chi connectivity index (χ0n) is 17.9. The van der Waals surface area contributed by atoms with E-state index in [1.807, 2.05) is 34.9 Å². The number of amides is 1. The summed E-state index contributed by atoms with van der Waals surface area (Å²) in [4.78, 5) is 26.0. The molecule has 162 valence electrons. The van der Waals surface area contributed by atoms with Crippen molar-refractivity contribution in [1.82, 2.24) is 30.0 Å². The molecule has 4 heterocycles. The molecular formula is C24H25N7O. The third-order valence-corrected chi connectivity index (χ3v) is 5.76. The fourth-order valence-corrected chi connectivity index (χ4v) is 4.08. The minimum atomic E-state index is -0.206. The van der Waals surface area contributed by atoms with Crippen molar-refractivity contribution >= 4 is 17.4 Å². The van der Waals surface area contributed by atoms with E-state index in [1.165, 1.54) is 0 Å². The smallest absolute Gasteiger partial charge is 0.269 e. The van der Waals surface area contributed by atoms with Gasteiger partial charge in [0, 0.05) is 43.8 Å². The van der Waals surface area contributed by atoms with Gasteiger partial charge in [0.1, 0.15) is 5.69 Å². The van der Waals surface area contributed by atoms with Crippen molar-refractivity contribution in [3.63, 3.8) is 0 Å². The third kappa shape index (κ3) is 3.92. The van der Waals surface area contributed by atoms with Gasteiger partial charge in [-0.2, -0.15) is 0 Å². The number of anilines is 1. The summed E-state index contributed by atoms with van der Waals surface area (Å²) < 4.78 is 1.82. The van der Waals surface area contributed by atoms with Gasteiger partial charge in [0.2, 0.25) is 0 Å². The van der Waals surface area contributed by atoms with Crippen LogP contribution in [0, 0.1) is 0 Å². The van der Waals surface area contributed by atoms with E-state index in [-0.39, 0.29) is 11.9 Å². The first kappa shape index (κ1) is 20.1. The molecule has 0 unspecified atom stereocenters. The summed E-state index contributed by atoms with van der Waals surface area (Å²) in [5, 5.41) is 9.61. The van der Waals surface area contributed by atoms with Crippen LogP contribution in [-0.4, -0.2) is 51.4 Å². The lowest BCUT2D eigenvalue weighted by molar-refractivity contribution is 0.0956. The molecule has 1 fully saturated rings. The van der Waals surface area contributed by atoms with Gasteiger partial charge in [0.15, 0.2) is 11.5 Å². The molecule has 5 rings (SSSR count). The van der Waals surface area contributed by atoms with Crippen LogP contribution < -0.4 is 16.0 Å². The molecule has 1 aliphatic heterocycles. The number of hydrogen-bond donors (Lipinski definition) is 3. The Bertz CT molecular complexity index is 1250. The first-order valence-electron chi connectivity index (χ1n) is 10.8. The Labute approximate surface area is 186 Å². The molecule has 0 aliphatic carbocycles. The highest BCUT2D eigenvalue weighted by Gasteiger charge is 2.20. The van der Waals surface area contributed by atoms with E-state index in [4.69, 9.17) is 4.98 Å². The summed E-state index contributed by atoms with van der Waals surface area (Å²) in [6.07, 6.45) is 9.25. The Morgan fingerprint density at radius 3 is 2.78 bits per heavy atom. The zero-order chi connectivity index (χ0) is 21.9. The monoisotopic (exact) mass is 427 g/mol. The number of rotatable bonds is 5. The maximum absolute atomic E-state index is 12.5. The van der Waals surface area contributed by atoms with Crippen molar-refractivity contribution in [3.8, 4) is 22.4 Å². The van der Waals surface area contributed by atoms with Crippen LogP contribution in [0.25, 0.3) is 28.0 Å². The van der Waals surface area contributed by atoms with E-state index in [9.17, 15) is 4.79 Å². The van der Waals surface area contributed by atoms with Crippen LogP contribution >= 0.6 is 0 Å². The van der Waals surface area contributed by atoms with Crippen molar-refractivity contribution in [2.45, 2.75) is 18.9 Å². The van der Waals surface area contributed by atoms with Crippen LogP contribution in [0.5, 0.6) is 0 Å². The third-order valence-electron chi connectivity index (χ3n) is 5.76. The highest BCUT2D eigenvalue weighted by Crippen LogP contribution is 2.28. The normalized spacial score (nSPS) is 16.1. The summed E-state index contributed by atoms with van der Waals surface area (Å²) in [6.45, 7) is 1.92. The molecule has 8 heteroatoms. The lowest BCUT2D eigenvalue weighted by Crippen LogP contribution is -2.38. The highest BCUT2D eigenvalue weighted by molar-refractivity contribution is 5.93. The number of carbonyl (C=O) groups excluding carboxylic acids is 1. The topological polar surface area (TPSA) is 96.2 Å². The predicted molar refractivity (Wildman–Crippen MR) is 125 cm³/mol. The van der Waals surface area contributed by atoms with Crippen molar-refractivity contribution in [2.24, 2.45) is 0 Å². The summed E-state index contributed by atoms with van der Waals surface area (Å²) in [7, 11) is 1.62. The van der Waals surface area contributed by atoms with E-state index in [0.717, 1.165) is 48.3 Å². The number of benzene rings is 1. The number of nitrogens with one attached hydrogen (secondary N) is 3. The molecule has 0 radical (unpaired) electrons. The molecule has 1 atom stereocenters. The molecule has 32 heavy (non-hydrogen) atoms. The Kier molecular flexibility index (Phi) is 5.51. The van der Waals surface area contributed by atoms with Crippen LogP contribution in [-0.2, 0) is 0 Å². The van der Waals surface area contributed by atoms with E-state index in [1.54, 1.807) is 25.6 Å². The standard InChI is InChI=1S/C24H25N7O/c1-25-24(32)21-14-28-22(29-19-6-3-9-27-13-19)23-30-20(15-31(21)23)18-5-2-4-17(12-18)16-7-10-26-11-8-16/h2,4-5,7-8,10-12,14-15,19,27H,3,6,9,13H2,1H3,(H,25,32)(H,28,29)/t19-/m0/s1. The van der Waals surface area contributed by atoms with Crippen molar-refractivity contribution in [1.29, 1.82) is 0 Å². The maximum Gasteiger partial charge on any atom is 0.269 e. The minimum Gasteiger partial charge on any atom is -0.363 e. The number of aromatic nitrogens is 4. The second-order valence-corrected chi connectivity index (χ2v) is 7.90. The number of nitrogens with zero attached hydrogens (tertiary/aromatic N) is 4. The maximum atomic E-state index is 12.5. The van der Waals surface area contributed by atoms with E-state index in [2.05, 4.69) is 38.1 Å². The summed E-state index contributed by atoms with van der Waals surface area (Å²) in [5.41, 5.74) is 5.00. The van der Waals surface area contributed by atoms with Crippen LogP contribution in [0.15, 0.2) is 61.2 Å². The first-order chi connectivity index (χ1) is 15.7. The van der Waals surface area contributed by atoms with Gasteiger partial charge in [-0.1, -0.05) is 18.2 Å². The van der Waals surface area contributed by atoms with E-state index < -0.39 is 0 Å². The molecule has 1 aromatic carbocycles. The molecular weight excluding hydrogens is 402 g/mol. The Morgan fingerprint density at radius 2 is 2.00 bits per heavy atom. The second kappa shape index (κ2) is 8.76. The second-order valence-electron chi connectivity index (χ2n) is 7.90. The largest absolute Gasteiger partial charge is 0.363 e. The van der Waals surface area contributed by atoms with Gasteiger partial charge < -0.3 is 16.0 Å². The SMILES string of the molecule is CNC(=O)c1cnc(N[C@H]2CCCNC2)c2nc(-c3cccc(-c4ccncc4)c3)cn12.